The molecule has 2 aromatic heterocycles. The van der Waals surface area contributed by atoms with E-state index in [1.807, 2.05) is 56.3 Å². The van der Waals surface area contributed by atoms with Crippen LogP contribution in [0.4, 0.5) is 5.69 Å². The number of fused-ring (bicyclic) bond motifs is 1. The Hall–Kier alpha value is -3.38. The van der Waals surface area contributed by atoms with E-state index in [0.29, 0.717) is 33.6 Å². The molecule has 0 saturated heterocycles. The third kappa shape index (κ3) is 3.60. The molecule has 0 radical (unpaired) electrons. The molecule has 1 fully saturated rings. The molecular weight excluding hydrogens is 424 g/mol. The Bertz CT molecular complexity index is 1360. The lowest BCUT2D eigenvalue weighted by atomic mass is 10.1. The Morgan fingerprint density at radius 2 is 1.94 bits per heavy atom. The lowest BCUT2D eigenvalue weighted by Crippen LogP contribution is -2.14. The molecule has 1 aliphatic carbocycles. The molecule has 5 rings (SSSR count). The van der Waals surface area contributed by atoms with Gasteiger partial charge >= 0.3 is 0 Å². The number of amides is 1. The second-order valence-electron chi connectivity index (χ2n) is 8.13. The maximum Gasteiger partial charge on any atom is 0.256 e. The molecule has 4 aromatic rings. The first-order valence-electron chi connectivity index (χ1n) is 10.6. The molecule has 1 N–H and O–H groups in total. The van der Waals surface area contributed by atoms with E-state index in [1.54, 1.807) is 17.9 Å². The largest absolute Gasteiger partial charge is 0.497 e. The number of anilines is 1. The summed E-state index contributed by atoms with van der Waals surface area (Å²) in [6.07, 6.45) is 2.16. The van der Waals surface area contributed by atoms with Gasteiger partial charge in [0.25, 0.3) is 5.91 Å². The Balaban J connectivity index is 1.66. The van der Waals surface area contributed by atoms with Crippen LogP contribution in [0.1, 0.15) is 46.1 Å². The maximum absolute atomic E-state index is 13.4. The van der Waals surface area contributed by atoms with Crippen molar-refractivity contribution < 1.29 is 9.53 Å². The van der Waals surface area contributed by atoms with E-state index in [1.165, 1.54) is 0 Å². The number of aryl methyl sites for hydroxylation is 1. The van der Waals surface area contributed by atoms with Crippen molar-refractivity contribution in [2.45, 2.75) is 32.6 Å². The van der Waals surface area contributed by atoms with E-state index < -0.39 is 0 Å². The van der Waals surface area contributed by atoms with Crippen molar-refractivity contribution in [2.24, 2.45) is 0 Å². The Kier molecular flexibility index (Phi) is 5.10. The van der Waals surface area contributed by atoms with Crippen LogP contribution in [0.25, 0.3) is 16.7 Å². The Labute approximate surface area is 191 Å². The number of rotatable bonds is 5. The number of halogens is 1. The number of methoxy groups -OCH3 is 1. The van der Waals surface area contributed by atoms with Gasteiger partial charge < -0.3 is 10.1 Å². The van der Waals surface area contributed by atoms with Gasteiger partial charge in [0.15, 0.2) is 5.65 Å². The summed E-state index contributed by atoms with van der Waals surface area (Å²) in [5.74, 6) is 0.867. The topological polar surface area (TPSA) is 69.0 Å². The lowest BCUT2D eigenvalue weighted by molar-refractivity contribution is 0.102. The molecule has 32 heavy (non-hydrogen) atoms. The fourth-order valence-corrected chi connectivity index (χ4v) is 4.14. The minimum atomic E-state index is -0.196. The molecule has 162 valence electrons. The normalized spacial score (nSPS) is 13.4. The van der Waals surface area contributed by atoms with Gasteiger partial charge in [0.1, 0.15) is 5.75 Å². The number of carbonyl (C=O) groups excluding carboxylic acids is 1. The van der Waals surface area contributed by atoms with E-state index in [0.717, 1.165) is 40.9 Å². The minimum absolute atomic E-state index is 0.196. The molecule has 1 amide bonds. The van der Waals surface area contributed by atoms with Crippen LogP contribution in [-0.4, -0.2) is 27.8 Å². The second-order valence-corrected chi connectivity index (χ2v) is 8.54. The van der Waals surface area contributed by atoms with Crippen LogP contribution in [0.15, 0.2) is 48.5 Å². The SMILES string of the molecule is COc1cccc(NC(=O)c2cc(C3CC3)nc3c2c(C)nn3-c2cccc(Cl)c2C)c1. The van der Waals surface area contributed by atoms with Gasteiger partial charge in [-0.05, 0) is 62.6 Å². The van der Waals surface area contributed by atoms with E-state index in [4.69, 9.17) is 26.4 Å². The summed E-state index contributed by atoms with van der Waals surface area (Å²) in [6, 6.07) is 15.0. The van der Waals surface area contributed by atoms with Crippen molar-refractivity contribution in [3.8, 4) is 11.4 Å². The average molecular weight is 447 g/mol. The first-order valence-corrected chi connectivity index (χ1v) is 10.9. The summed E-state index contributed by atoms with van der Waals surface area (Å²) in [5.41, 5.74) is 5.35. The van der Waals surface area contributed by atoms with Crippen LogP contribution in [0.3, 0.4) is 0 Å². The number of benzene rings is 2. The molecule has 1 saturated carbocycles. The highest BCUT2D eigenvalue weighted by atomic mass is 35.5. The van der Waals surface area contributed by atoms with Gasteiger partial charge in [-0.25, -0.2) is 9.67 Å². The molecule has 0 unspecified atom stereocenters. The number of pyridine rings is 1. The van der Waals surface area contributed by atoms with E-state index >= 15 is 0 Å². The minimum Gasteiger partial charge on any atom is -0.497 e. The van der Waals surface area contributed by atoms with E-state index in [2.05, 4.69) is 5.32 Å². The number of hydrogen-bond donors (Lipinski definition) is 1. The van der Waals surface area contributed by atoms with Gasteiger partial charge in [0.2, 0.25) is 0 Å². The fraction of sp³-hybridized carbons (Fsp3) is 0.240. The Morgan fingerprint density at radius 1 is 1.16 bits per heavy atom. The van der Waals surface area contributed by atoms with Crippen LogP contribution in [0.2, 0.25) is 5.02 Å². The van der Waals surface area contributed by atoms with Gasteiger partial charge in [-0.1, -0.05) is 23.7 Å². The van der Waals surface area contributed by atoms with Crippen LogP contribution >= 0.6 is 11.6 Å². The third-order valence-corrected chi connectivity index (χ3v) is 6.28. The molecule has 6 nitrogen and oxygen atoms in total. The Morgan fingerprint density at radius 3 is 2.69 bits per heavy atom. The number of nitrogens with zero attached hydrogens (tertiary/aromatic N) is 3. The molecule has 0 atom stereocenters. The number of ether oxygens (including phenoxy) is 1. The first kappa shape index (κ1) is 20.5. The predicted octanol–water partition coefficient (Wildman–Crippen LogP) is 5.83. The van der Waals surface area contributed by atoms with Gasteiger partial charge in [0, 0.05) is 28.4 Å². The summed E-state index contributed by atoms with van der Waals surface area (Å²) in [6.45, 7) is 3.86. The number of hydrogen-bond acceptors (Lipinski definition) is 4. The molecule has 0 bridgehead atoms. The highest BCUT2D eigenvalue weighted by molar-refractivity contribution is 6.31. The monoisotopic (exact) mass is 446 g/mol. The second kappa shape index (κ2) is 7.95. The predicted molar refractivity (Wildman–Crippen MR) is 126 cm³/mol. The van der Waals surface area contributed by atoms with Crippen molar-refractivity contribution in [2.75, 3.05) is 12.4 Å². The van der Waals surface area contributed by atoms with Crippen LogP contribution in [0.5, 0.6) is 5.75 Å². The van der Waals surface area contributed by atoms with Crippen molar-refractivity contribution in [3.05, 3.63) is 76.1 Å². The van der Waals surface area contributed by atoms with Crippen molar-refractivity contribution in [1.82, 2.24) is 14.8 Å². The summed E-state index contributed by atoms with van der Waals surface area (Å²) in [5, 5.41) is 9.17. The molecule has 7 heteroatoms. The van der Waals surface area contributed by atoms with Crippen molar-refractivity contribution in [1.29, 1.82) is 0 Å². The molecule has 2 aromatic carbocycles. The standard InChI is InChI=1S/C25H23ClN4O2/c1-14-20(26)8-5-9-22(14)30-24-23(15(2)29-30)19(13-21(28-24)16-10-11-16)25(31)27-17-6-4-7-18(12-17)32-3/h4-9,12-13,16H,10-11H2,1-3H3,(H,27,31). The van der Waals surface area contributed by atoms with Crippen molar-refractivity contribution in [3.63, 3.8) is 0 Å². The smallest absolute Gasteiger partial charge is 0.256 e. The molecule has 0 spiro atoms. The third-order valence-electron chi connectivity index (χ3n) is 5.87. The molecule has 0 aliphatic heterocycles. The van der Waals surface area contributed by atoms with Gasteiger partial charge in [0.05, 0.1) is 29.4 Å². The molecule has 1 aliphatic rings. The van der Waals surface area contributed by atoms with E-state index in [-0.39, 0.29) is 5.91 Å². The van der Waals surface area contributed by atoms with Gasteiger partial charge in [-0.15, -0.1) is 0 Å². The first-order chi connectivity index (χ1) is 15.5. The van der Waals surface area contributed by atoms with E-state index in [9.17, 15) is 4.79 Å². The van der Waals surface area contributed by atoms with Crippen LogP contribution < -0.4 is 10.1 Å². The average Bonchev–Trinajstić information content (AvgIpc) is 3.59. The van der Waals surface area contributed by atoms with Crippen molar-refractivity contribution >= 4 is 34.2 Å². The molecular formula is C25H23ClN4O2. The number of nitrogens with one attached hydrogen (secondary N) is 1. The number of carbonyl (C=O) groups is 1. The summed E-state index contributed by atoms with van der Waals surface area (Å²) in [7, 11) is 1.60. The lowest BCUT2D eigenvalue weighted by Gasteiger charge is -2.11. The zero-order valence-electron chi connectivity index (χ0n) is 18.1. The van der Waals surface area contributed by atoms with Gasteiger partial charge in [-0.2, -0.15) is 5.10 Å². The van der Waals surface area contributed by atoms with Crippen LogP contribution in [0, 0.1) is 13.8 Å². The van der Waals surface area contributed by atoms with Gasteiger partial charge in [-0.3, -0.25) is 4.79 Å². The zero-order chi connectivity index (χ0) is 22.4. The summed E-state index contributed by atoms with van der Waals surface area (Å²) < 4.78 is 7.08. The number of aromatic nitrogens is 3. The fourth-order valence-electron chi connectivity index (χ4n) is 3.97. The zero-order valence-corrected chi connectivity index (χ0v) is 18.9. The summed E-state index contributed by atoms with van der Waals surface area (Å²) in [4.78, 5) is 18.3. The highest BCUT2D eigenvalue weighted by Crippen LogP contribution is 2.41. The summed E-state index contributed by atoms with van der Waals surface area (Å²) >= 11 is 6.37. The highest BCUT2D eigenvalue weighted by Gasteiger charge is 2.29. The maximum atomic E-state index is 13.4. The van der Waals surface area contributed by atoms with Crippen LogP contribution in [-0.2, 0) is 0 Å². The quantitative estimate of drug-likeness (QED) is 0.418. The molecule has 2 heterocycles.